The fourth-order valence-corrected chi connectivity index (χ4v) is 4.47. The maximum atomic E-state index is 7.47. The van der Waals surface area contributed by atoms with Crippen molar-refractivity contribution in [2.45, 2.75) is 35.1 Å². The number of hydrogen-bond donors (Lipinski definition) is 4. The quantitative estimate of drug-likeness (QED) is 0.216. The number of benzene rings is 3. The number of nitrogens with two attached hydrogens (primary N) is 2. The maximum Gasteiger partial charge on any atom is 0.122 e. The topological polar surface area (TPSA) is 99.7 Å². The number of nitrogen functional groups attached to an aromatic ring is 1. The van der Waals surface area contributed by atoms with Gasteiger partial charge in [0.05, 0.1) is 6.34 Å². The summed E-state index contributed by atoms with van der Waals surface area (Å²) in [7, 11) is 0. The van der Waals surface area contributed by atoms with Crippen LogP contribution in [0.5, 0.6) is 0 Å². The lowest BCUT2D eigenvalue weighted by Gasteiger charge is -2.09. The number of aryl methyl sites for hydroxylation is 2. The highest BCUT2D eigenvalue weighted by Crippen LogP contribution is 2.27. The van der Waals surface area contributed by atoms with Gasteiger partial charge in [0, 0.05) is 26.9 Å². The lowest BCUT2D eigenvalue weighted by molar-refractivity contribution is 1.27. The van der Waals surface area contributed by atoms with E-state index in [-0.39, 0.29) is 5.84 Å². The Kier molecular flexibility index (Phi) is 9.51. The minimum absolute atomic E-state index is 0.112. The summed E-state index contributed by atoms with van der Waals surface area (Å²) >= 11 is 3.69. The van der Waals surface area contributed by atoms with Crippen molar-refractivity contribution in [2.24, 2.45) is 11.5 Å². The van der Waals surface area contributed by atoms with E-state index in [9.17, 15) is 0 Å². The standard InChI is InChI=1S/C23H24N2S2.CH4N2/c1-16-3-7-21(8-4-16)26-14-18-11-17(2)12-19(13-18)15-27-22-9-5-20(6-10-22)23(24)25;2-1-3/h3-13H,14-15H2,1-2H3,(H3,24,25);1H,(H3,2,3). The Balaban J connectivity index is 0.00000101. The molecule has 6 heteroatoms. The van der Waals surface area contributed by atoms with Crippen LogP contribution >= 0.6 is 23.5 Å². The molecule has 0 saturated heterocycles. The second-order valence-corrected chi connectivity index (χ2v) is 8.92. The highest BCUT2D eigenvalue weighted by molar-refractivity contribution is 7.98. The summed E-state index contributed by atoms with van der Waals surface area (Å²) in [6, 6.07) is 23.4. The van der Waals surface area contributed by atoms with E-state index in [0.29, 0.717) is 0 Å². The highest BCUT2D eigenvalue weighted by Gasteiger charge is 2.03. The summed E-state index contributed by atoms with van der Waals surface area (Å²) in [5, 5.41) is 13.3. The van der Waals surface area contributed by atoms with E-state index in [1.54, 1.807) is 0 Å². The van der Waals surface area contributed by atoms with Crippen LogP contribution in [0.3, 0.4) is 0 Å². The van der Waals surface area contributed by atoms with Gasteiger partial charge in [0.25, 0.3) is 0 Å². The molecule has 156 valence electrons. The third-order valence-electron chi connectivity index (χ3n) is 4.19. The van der Waals surface area contributed by atoms with Gasteiger partial charge in [0.2, 0.25) is 0 Å². The largest absolute Gasteiger partial charge is 0.390 e. The molecule has 3 aromatic rings. The number of thioether (sulfide) groups is 2. The first-order valence-electron chi connectivity index (χ1n) is 9.48. The fourth-order valence-electron chi connectivity index (χ4n) is 2.81. The highest BCUT2D eigenvalue weighted by atomic mass is 32.2. The number of hydrogen-bond acceptors (Lipinski definition) is 4. The molecule has 0 atom stereocenters. The average Bonchev–Trinajstić information content (AvgIpc) is 2.72. The zero-order valence-electron chi connectivity index (χ0n) is 17.3. The van der Waals surface area contributed by atoms with Crippen molar-refractivity contribution in [1.29, 1.82) is 10.8 Å². The van der Waals surface area contributed by atoms with Crippen molar-refractivity contribution >= 4 is 35.7 Å². The predicted molar refractivity (Wildman–Crippen MR) is 132 cm³/mol. The van der Waals surface area contributed by atoms with Crippen LogP contribution in [0.2, 0.25) is 0 Å². The maximum absolute atomic E-state index is 7.47. The Labute approximate surface area is 187 Å². The van der Waals surface area contributed by atoms with Gasteiger partial charge < -0.3 is 11.5 Å². The third kappa shape index (κ3) is 7.97. The molecular formula is C24H28N4S2. The molecule has 0 fully saturated rings. The van der Waals surface area contributed by atoms with Gasteiger partial charge in [-0.2, -0.15) is 0 Å². The summed E-state index contributed by atoms with van der Waals surface area (Å²) in [5.41, 5.74) is 16.0. The first kappa shape index (κ1) is 23.6. The van der Waals surface area contributed by atoms with E-state index in [2.05, 4.69) is 62.0 Å². The van der Waals surface area contributed by atoms with Gasteiger partial charge in [-0.25, -0.2) is 0 Å². The SMILES string of the molecule is Cc1ccc(SCc2cc(C)cc(CSc3ccc(C(=N)N)cc3)c2)cc1.N=CN. The van der Waals surface area contributed by atoms with E-state index >= 15 is 0 Å². The third-order valence-corrected chi connectivity index (χ3v) is 6.36. The predicted octanol–water partition coefficient (Wildman–Crippen LogP) is 5.72. The molecule has 0 amide bonds. The molecule has 0 heterocycles. The van der Waals surface area contributed by atoms with E-state index in [1.165, 1.54) is 32.0 Å². The van der Waals surface area contributed by atoms with Crippen LogP contribution in [0.4, 0.5) is 0 Å². The Morgan fingerprint density at radius 3 is 1.67 bits per heavy atom. The summed E-state index contributed by atoms with van der Waals surface area (Å²) in [6.07, 6.45) is 0.750. The van der Waals surface area contributed by atoms with Gasteiger partial charge in [-0.3, -0.25) is 10.8 Å². The molecule has 3 aromatic carbocycles. The zero-order valence-corrected chi connectivity index (χ0v) is 18.9. The van der Waals surface area contributed by atoms with E-state index in [0.717, 1.165) is 23.4 Å². The average molecular weight is 437 g/mol. The van der Waals surface area contributed by atoms with Crippen molar-refractivity contribution in [3.05, 3.63) is 94.5 Å². The summed E-state index contributed by atoms with van der Waals surface area (Å²) in [5.74, 6) is 2.03. The first-order valence-corrected chi connectivity index (χ1v) is 11.4. The minimum atomic E-state index is 0.112. The van der Waals surface area contributed by atoms with E-state index < -0.39 is 0 Å². The Bertz CT molecular complexity index is 968. The lowest BCUT2D eigenvalue weighted by Crippen LogP contribution is -2.10. The van der Waals surface area contributed by atoms with Crippen LogP contribution in [-0.2, 0) is 11.5 Å². The van der Waals surface area contributed by atoms with Gasteiger partial charge in [-0.1, -0.05) is 53.6 Å². The molecular weight excluding hydrogens is 408 g/mol. The zero-order chi connectivity index (χ0) is 21.9. The lowest BCUT2D eigenvalue weighted by atomic mass is 10.1. The molecule has 30 heavy (non-hydrogen) atoms. The first-order chi connectivity index (χ1) is 14.4. The van der Waals surface area contributed by atoms with Crippen molar-refractivity contribution in [1.82, 2.24) is 0 Å². The minimum Gasteiger partial charge on any atom is -0.390 e. The van der Waals surface area contributed by atoms with E-state index in [4.69, 9.17) is 16.6 Å². The molecule has 3 rings (SSSR count). The van der Waals surface area contributed by atoms with Crippen LogP contribution in [0.15, 0.2) is 76.5 Å². The Hall–Kier alpha value is -2.70. The van der Waals surface area contributed by atoms with Crippen molar-refractivity contribution < 1.29 is 0 Å². The van der Waals surface area contributed by atoms with Crippen LogP contribution in [0.1, 0.15) is 27.8 Å². The summed E-state index contributed by atoms with van der Waals surface area (Å²) in [6.45, 7) is 4.28. The van der Waals surface area contributed by atoms with Crippen LogP contribution in [-0.4, -0.2) is 12.2 Å². The number of amidine groups is 1. The molecule has 4 nitrogen and oxygen atoms in total. The smallest absolute Gasteiger partial charge is 0.122 e. The van der Waals surface area contributed by atoms with Gasteiger partial charge >= 0.3 is 0 Å². The monoisotopic (exact) mass is 436 g/mol. The van der Waals surface area contributed by atoms with Gasteiger partial charge in [-0.15, -0.1) is 23.5 Å². The normalized spacial score (nSPS) is 10.1. The molecule has 0 aliphatic heterocycles. The van der Waals surface area contributed by atoms with Crippen molar-refractivity contribution in [2.75, 3.05) is 0 Å². The van der Waals surface area contributed by atoms with Gasteiger partial charge in [0.1, 0.15) is 5.84 Å². The molecule has 0 saturated carbocycles. The second-order valence-electron chi connectivity index (χ2n) is 6.82. The van der Waals surface area contributed by atoms with Crippen LogP contribution < -0.4 is 11.5 Å². The second kappa shape index (κ2) is 12.1. The Morgan fingerprint density at radius 1 is 0.800 bits per heavy atom. The molecule has 0 aliphatic carbocycles. The van der Waals surface area contributed by atoms with Crippen LogP contribution in [0.25, 0.3) is 0 Å². The molecule has 0 spiro atoms. The molecule has 0 unspecified atom stereocenters. The van der Waals surface area contributed by atoms with Crippen molar-refractivity contribution in [3.63, 3.8) is 0 Å². The molecule has 0 aromatic heterocycles. The summed E-state index contributed by atoms with van der Waals surface area (Å²) in [4.78, 5) is 2.50. The number of nitrogens with one attached hydrogen (secondary N) is 2. The summed E-state index contributed by atoms with van der Waals surface area (Å²) < 4.78 is 0. The van der Waals surface area contributed by atoms with Crippen LogP contribution in [0, 0.1) is 24.7 Å². The molecule has 0 bridgehead atoms. The number of rotatable bonds is 7. The molecule has 6 N–H and O–H groups in total. The van der Waals surface area contributed by atoms with Gasteiger partial charge in [-0.05, 0) is 49.2 Å². The van der Waals surface area contributed by atoms with Crippen molar-refractivity contribution in [3.8, 4) is 0 Å². The fraction of sp³-hybridized carbons (Fsp3) is 0.167. The molecule has 0 aliphatic rings. The molecule has 0 radical (unpaired) electrons. The van der Waals surface area contributed by atoms with Gasteiger partial charge in [0.15, 0.2) is 0 Å². The Morgan fingerprint density at radius 2 is 1.23 bits per heavy atom. The van der Waals surface area contributed by atoms with E-state index in [1.807, 2.05) is 47.8 Å².